The van der Waals surface area contributed by atoms with Gasteiger partial charge >= 0.3 is 5.97 Å². The molecule has 2 aromatic rings. The number of benzene rings is 2. The standard InChI is InChI=1S/C27H33ClO4/c1-7-22-21(19-10-8-16(4)9-11-19)13-20(15(2)3)27(32-22)25-18(6)26(28)17(5)12-23(25)31-14-24(29)30/h8-12,20-22,27H,2,7,13-14H2,1,3-6H3,(H,29,30)/t20-,21+,22-,27-/m0/s1. The Labute approximate surface area is 196 Å². The fourth-order valence-electron chi connectivity index (χ4n) is 4.75. The van der Waals surface area contributed by atoms with Crippen LogP contribution in [0, 0.1) is 26.7 Å². The number of aliphatic carboxylic acids is 1. The van der Waals surface area contributed by atoms with Gasteiger partial charge in [-0.1, -0.05) is 60.5 Å². The molecule has 3 rings (SSSR count). The molecule has 32 heavy (non-hydrogen) atoms. The highest BCUT2D eigenvalue weighted by atomic mass is 35.5. The third-order valence-electron chi connectivity index (χ3n) is 6.51. The number of hydrogen-bond donors (Lipinski definition) is 1. The molecule has 0 spiro atoms. The molecule has 0 saturated carbocycles. The first-order chi connectivity index (χ1) is 15.1. The summed E-state index contributed by atoms with van der Waals surface area (Å²) in [6.07, 6.45) is 1.47. The molecule has 0 amide bonds. The van der Waals surface area contributed by atoms with E-state index in [1.807, 2.05) is 26.8 Å². The maximum atomic E-state index is 11.2. The van der Waals surface area contributed by atoms with E-state index in [1.165, 1.54) is 11.1 Å². The van der Waals surface area contributed by atoms with Gasteiger partial charge in [-0.25, -0.2) is 4.79 Å². The van der Waals surface area contributed by atoms with Crippen molar-refractivity contribution in [2.45, 2.75) is 65.6 Å². The summed E-state index contributed by atoms with van der Waals surface area (Å²) in [4.78, 5) is 11.2. The maximum Gasteiger partial charge on any atom is 0.341 e. The summed E-state index contributed by atoms with van der Waals surface area (Å²) in [6, 6.07) is 10.5. The average molecular weight is 457 g/mol. The van der Waals surface area contributed by atoms with E-state index in [2.05, 4.69) is 44.7 Å². The van der Waals surface area contributed by atoms with Crippen LogP contribution < -0.4 is 4.74 Å². The Bertz CT molecular complexity index is 996. The lowest BCUT2D eigenvalue weighted by atomic mass is 9.74. The number of hydrogen-bond acceptors (Lipinski definition) is 3. The van der Waals surface area contributed by atoms with Crippen LogP contribution in [0.5, 0.6) is 5.75 Å². The summed E-state index contributed by atoms with van der Waals surface area (Å²) in [5, 5.41) is 9.83. The van der Waals surface area contributed by atoms with E-state index in [9.17, 15) is 9.90 Å². The maximum absolute atomic E-state index is 11.2. The minimum atomic E-state index is -1.02. The molecular weight excluding hydrogens is 424 g/mol. The van der Waals surface area contributed by atoms with Gasteiger partial charge in [0.05, 0.1) is 12.2 Å². The van der Waals surface area contributed by atoms with Crippen molar-refractivity contribution < 1.29 is 19.4 Å². The fourth-order valence-corrected chi connectivity index (χ4v) is 4.91. The minimum Gasteiger partial charge on any atom is -0.482 e. The van der Waals surface area contributed by atoms with E-state index < -0.39 is 12.6 Å². The average Bonchev–Trinajstić information content (AvgIpc) is 2.75. The van der Waals surface area contributed by atoms with Crippen molar-refractivity contribution in [1.29, 1.82) is 0 Å². The molecule has 0 aliphatic carbocycles. The van der Waals surface area contributed by atoms with Gasteiger partial charge in [-0.3, -0.25) is 0 Å². The van der Waals surface area contributed by atoms with E-state index in [-0.39, 0.29) is 24.0 Å². The van der Waals surface area contributed by atoms with Crippen LogP contribution in [0.4, 0.5) is 0 Å². The second kappa shape index (κ2) is 10.1. The van der Waals surface area contributed by atoms with Gasteiger partial charge in [0.25, 0.3) is 0 Å². The van der Waals surface area contributed by atoms with Gasteiger partial charge in [-0.15, -0.1) is 0 Å². The molecule has 0 aromatic heterocycles. The quantitative estimate of drug-likeness (QED) is 0.458. The van der Waals surface area contributed by atoms with Crippen LogP contribution in [0.25, 0.3) is 0 Å². The van der Waals surface area contributed by atoms with Crippen molar-refractivity contribution in [2.24, 2.45) is 5.92 Å². The number of halogens is 1. The van der Waals surface area contributed by atoms with E-state index in [1.54, 1.807) is 0 Å². The normalized spacial score (nSPS) is 23.1. The Morgan fingerprint density at radius 2 is 1.91 bits per heavy atom. The predicted molar refractivity (Wildman–Crippen MR) is 129 cm³/mol. The summed E-state index contributed by atoms with van der Waals surface area (Å²) in [7, 11) is 0. The first-order valence-corrected chi connectivity index (χ1v) is 11.5. The van der Waals surface area contributed by atoms with Gasteiger partial charge < -0.3 is 14.6 Å². The van der Waals surface area contributed by atoms with Crippen molar-refractivity contribution in [3.05, 3.63) is 75.3 Å². The van der Waals surface area contributed by atoms with E-state index in [0.29, 0.717) is 10.8 Å². The molecule has 0 radical (unpaired) electrons. The molecule has 4 nitrogen and oxygen atoms in total. The van der Waals surface area contributed by atoms with Gasteiger partial charge in [0.2, 0.25) is 0 Å². The van der Waals surface area contributed by atoms with Gasteiger partial charge in [0.15, 0.2) is 6.61 Å². The van der Waals surface area contributed by atoms with Crippen molar-refractivity contribution in [2.75, 3.05) is 6.61 Å². The molecule has 1 heterocycles. The Hall–Kier alpha value is -2.30. The number of aryl methyl sites for hydroxylation is 2. The number of carbonyl (C=O) groups is 1. The monoisotopic (exact) mass is 456 g/mol. The molecule has 4 atom stereocenters. The smallest absolute Gasteiger partial charge is 0.341 e. The third-order valence-corrected chi connectivity index (χ3v) is 7.09. The van der Waals surface area contributed by atoms with Crippen LogP contribution in [-0.4, -0.2) is 23.8 Å². The molecule has 0 bridgehead atoms. The van der Waals surface area contributed by atoms with Crippen LogP contribution >= 0.6 is 11.6 Å². The highest BCUT2D eigenvalue weighted by Gasteiger charge is 2.41. The minimum absolute atomic E-state index is 0.0186. The SMILES string of the molecule is C=C(C)[C@@H]1C[C@H](c2ccc(C)cc2)[C@H](CC)O[C@@H]1c1c(OCC(=O)O)cc(C)c(Cl)c1C. The number of carboxylic acids is 1. The number of ether oxygens (including phenoxy) is 2. The molecule has 0 unspecified atom stereocenters. The molecule has 1 aliphatic rings. The lowest BCUT2D eigenvalue weighted by Crippen LogP contribution is -2.36. The Kier molecular flexibility index (Phi) is 7.68. The molecule has 1 saturated heterocycles. The Morgan fingerprint density at radius 1 is 1.25 bits per heavy atom. The first kappa shape index (κ1) is 24.3. The summed E-state index contributed by atoms with van der Waals surface area (Å²) in [5.41, 5.74) is 6.08. The fraction of sp³-hybridized carbons (Fsp3) is 0.444. The highest BCUT2D eigenvalue weighted by molar-refractivity contribution is 6.32. The summed E-state index contributed by atoms with van der Waals surface area (Å²) in [6.45, 7) is 14.0. The largest absolute Gasteiger partial charge is 0.482 e. The molecular formula is C27H33ClO4. The summed E-state index contributed by atoms with van der Waals surface area (Å²) < 4.78 is 12.5. The molecule has 1 aliphatic heterocycles. The van der Waals surface area contributed by atoms with Gasteiger partial charge in [0, 0.05) is 22.4 Å². The molecule has 1 fully saturated rings. The van der Waals surface area contributed by atoms with Crippen LogP contribution in [-0.2, 0) is 9.53 Å². The second-order valence-electron chi connectivity index (χ2n) is 8.94. The number of rotatable bonds is 7. The number of carboxylic acid groups (broad SMARTS) is 1. The first-order valence-electron chi connectivity index (χ1n) is 11.2. The zero-order valence-corrected chi connectivity index (χ0v) is 20.3. The van der Waals surface area contributed by atoms with Crippen molar-refractivity contribution in [3.8, 4) is 5.75 Å². The van der Waals surface area contributed by atoms with Crippen molar-refractivity contribution in [3.63, 3.8) is 0 Å². The topological polar surface area (TPSA) is 55.8 Å². The lowest BCUT2D eigenvalue weighted by Gasteiger charge is -2.43. The van der Waals surface area contributed by atoms with E-state index >= 15 is 0 Å². The van der Waals surface area contributed by atoms with Crippen LogP contribution in [0.15, 0.2) is 42.5 Å². The van der Waals surface area contributed by atoms with Gasteiger partial charge in [0.1, 0.15) is 5.75 Å². The highest BCUT2D eigenvalue weighted by Crippen LogP contribution is 2.50. The van der Waals surface area contributed by atoms with E-state index in [0.717, 1.165) is 35.1 Å². The zero-order valence-electron chi connectivity index (χ0n) is 19.6. The zero-order chi connectivity index (χ0) is 23.6. The summed E-state index contributed by atoms with van der Waals surface area (Å²) in [5.74, 6) is -0.198. The molecule has 172 valence electrons. The van der Waals surface area contributed by atoms with Crippen LogP contribution in [0.2, 0.25) is 5.02 Å². The Morgan fingerprint density at radius 3 is 2.47 bits per heavy atom. The lowest BCUT2D eigenvalue weighted by molar-refractivity contribution is -0.139. The molecule has 2 aromatic carbocycles. The predicted octanol–water partition coefficient (Wildman–Crippen LogP) is 6.94. The van der Waals surface area contributed by atoms with Crippen molar-refractivity contribution in [1.82, 2.24) is 0 Å². The third kappa shape index (κ3) is 5.02. The van der Waals surface area contributed by atoms with Gasteiger partial charge in [-0.2, -0.15) is 0 Å². The van der Waals surface area contributed by atoms with Crippen molar-refractivity contribution >= 4 is 17.6 Å². The van der Waals surface area contributed by atoms with Crippen LogP contribution in [0.3, 0.4) is 0 Å². The van der Waals surface area contributed by atoms with Crippen LogP contribution in [0.1, 0.15) is 66.5 Å². The second-order valence-corrected chi connectivity index (χ2v) is 9.31. The summed E-state index contributed by atoms with van der Waals surface area (Å²) >= 11 is 6.62. The van der Waals surface area contributed by atoms with E-state index in [4.69, 9.17) is 21.1 Å². The molecule has 1 N–H and O–H groups in total. The van der Waals surface area contributed by atoms with Gasteiger partial charge in [-0.05, 0) is 63.3 Å². The molecule has 5 heteroatoms. The Balaban J connectivity index is 2.07.